The van der Waals surface area contributed by atoms with Crippen molar-refractivity contribution in [1.29, 1.82) is 0 Å². The molecule has 9 heteroatoms. The van der Waals surface area contributed by atoms with Gasteiger partial charge in [0.1, 0.15) is 0 Å². The standard InChI is InChI=1S/C23H28F3O2PS2.CH4O/c1-14-8-9-22(2,3)11-17-19(30-21(20(14)17)31(4,5)27)13-28-12-15-6-7-16(10-18(15)29)23(24,25)26;1-2/h6-7,10H,1,4,8-9,11-13,29H2,2-3,5H3;2H,1H3. The van der Waals surface area contributed by atoms with Gasteiger partial charge >= 0.3 is 6.18 Å². The second-order valence-corrected chi connectivity index (χ2v) is 13.4. The number of allylic oxidation sites excluding steroid dienone is 1. The molecule has 1 heterocycles. The summed E-state index contributed by atoms with van der Waals surface area (Å²) in [6, 6.07) is 3.63. The van der Waals surface area contributed by atoms with Crippen LogP contribution in [-0.2, 0) is 40.1 Å². The van der Waals surface area contributed by atoms with Crippen LogP contribution < -0.4 is 5.30 Å². The second-order valence-electron chi connectivity index (χ2n) is 9.02. The summed E-state index contributed by atoms with van der Waals surface area (Å²) < 4.78 is 58.2. The molecule has 0 amide bonds. The summed E-state index contributed by atoms with van der Waals surface area (Å²) in [6.07, 6.45) is -0.0418. The lowest BCUT2D eigenvalue weighted by Crippen LogP contribution is -2.14. The van der Waals surface area contributed by atoms with E-state index in [-0.39, 0.29) is 12.0 Å². The van der Waals surface area contributed by atoms with E-state index in [0.717, 1.165) is 64.3 Å². The lowest BCUT2D eigenvalue weighted by molar-refractivity contribution is -0.137. The van der Waals surface area contributed by atoms with Crippen LogP contribution >= 0.6 is 20.6 Å². The molecule has 1 aromatic carbocycles. The smallest absolute Gasteiger partial charge is 0.400 e. The van der Waals surface area contributed by atoms with Crippen molar-refractivity contribution in [2.75, 3.05) is 13.4 Å². The van der Waals surface area contributed by atoms with Crippen LogP contribution in [0.3, 0.4) is 0 Å². The Morgan fingerprint density at radius 1 is 1.27 bits per heavy atom. The number of hydrogen-bond acceptors (Lipinski definition) is 4. The van der Waals surface area contributed by atoms with Gasteiger partial charge in [-0.25, -0.2) is 0 Å². The highest BCUT2D eigenvalue weighted by Gasteiger charge is 2.32. The number of fused-ring (bicyclic) bond motifs is 1. The van der Waals surface area contributed by atoms with Gasteiger partial charge in [-0.3, -0.25) is 4.21 Å². The first-order valence-corrected chi connectivity index (χ1v) is 13.8. The molecule has 0 radical (unpaired) electrons. The monoisotopic (exact) mass is 520 g/mol. The summed E-state index contributed by atoms with van der Waals surface area (Å²) in [5.74, 6) is 3.89. The van der Waals surface area contributed by atoms with Crippen LogP contribution in [0.25, 0.3) is 5.57 Å². The zero-order valence-electron chi connectivity index (χ0n) is 19.5. The number of thiophene rings is 1. The first-order chi connectivity index (χ1) is 15.2. The molecule has 3 nitrogen and oxygen atoms in total. The summed E-state index contributed by atoms with van der Waals surface area (Å²) in [6.45, 7) is 9.18. The maximum Gasteiger partial charge on any atom is 0.416 e. The van der Waals surface area contributed by atoms with Crippen molar-refractivity contribution in [1.82, 2.24) is 0 Å². The topological polar surface area (TPSA) is 46.5 Å². The van der Waals surface area contributed by atoms with E-state index in [2.05, 4.69) is 35.5 Å². The third kappa shape index (κ3) is 6.92. The summed E-state index contributed by atoms with van der Waals surface area (Å²) in [4.78, 5) is 0.997. The quantitative estimate of drug-likeness (QED) is 0.314. The molecule has 0 spiro atoms. The van der Waals surface area contributed by atoms with Gasteiger partial charge in [-0.15, -0.1) is 20.6 Å². The van der Waals surface area contributed by atoms with Gasteiger partial charge in [0.15, 0.2) is 0 Å². The van der Waals surface area contributed by atoms with Crippen molar-refractivity contribution in [3.63, 3.8) is 0 Å². The maximum atomic E-state index is 12.9. The Kier molecular flexibility index (Phi) is 9.02. The van der Waals surface area contributed by atoms with Crippen LogP contribution in [0.15, 0.2) is 29.0 Å². The average molecular weight is 521 g/mol. The molecule has 1 aliphatic rings. The third-order valence-corrected chi connectivity index (χ3v) is 9.36. The molecule has 2 aromatic rings. The van der Waals surface area contributed by atoms with Crippen molar-refractivity contribution in [2.24, 2.45) is 5.41 Å². The molecule has 1 aromatic heterocycles. The molecule has 0 aliphatic heterocycles. The van der Waals surface area contributed by atoms with Crippen molar-refractivity contribution >= 4 is 46.8 Å². The number of hydrogen-bond donors (Lipinski definition) is 1. The lowest BCUT2D eigenvalue weighted by atomic mass is 9.83. The second kappa shape index (κ2) is 10.6. The zero-order chi connectivity index (χ0) is 25.2. The first kappa shape index (κ1) is 28.1. The molecule has 2 unspecified atom stereocenters. The van der Waals surface area contributed by atoms with Crippen LogP contribution in [0.1, 0.15) is 53.8 Å². The molecule has 184 valence electrons. The predicted octanol–water partition coefficient (Wildman–Crippen LogP) is 5.67. The van der Waals surface area contributed by atoms with Gasteiger partial charge in [0, 0.05) is 33.3 Å². The number of halogens is 3. The van der Waals surface area contributed by atoms with E-state index < -0.39 is 21.3 Å². The van der Waals surface area contributed by atoms with Gasteiger partial charge in [0.05, 0.1) is 23.0 Å². The van der Waals surface area contributed by atoms with Crippen molar-refractivity contribution in [3.8, 4) is 0 Å². The highest BCUT2D eigenvalue weighted by Crippen LogP contribution is 2.46. The number of benzene rings is 1. The molecular formula is C24H32F3O3PS2. The Balaban J connectivity index is 0.00000187. The van der Waals surface area contributed by atoms with E-state index in [1.807, 2.05) is 0 Å². The minimum atomic E-state index is -4.37. The first-order valence-electron chi connectivity index (χ1n) is 10.3. The normalized spacial score (nSPS) is 17.4. The largest absolute Gasteiger partial charge is 0.416 e. The summed E-state index contributed by atoms with van der Waals surface area (Å²) in [5.41, 5.74) is 3.19. The van der Waals surface area contributed by atoms with E-state index in [0.29, 0.717) is 17.5 Å². The van der Waals surface area contributed by atoms with E-state index >= 15 is 0 Å². The van der Waals surface area contributed by atoms with Crippen LogP contribution in [0.4, 0.5) is 13.2 Å². The number of alkyl halides is 3. The Bertz CT molecular complexity index is 1120. The SMILES string of the molecule is C=C1CCC(C)(C)Cc2c(COCc3ccc(C(F)(F)F)cc3P)sc(S(=C)(C)=O)c21.CO. The minimum absolute atomic E-state index is 0.0811. The van der Waals surface area contributed by atoms with Crippen molar-refractivity contribution < 1.29 is 27.2 Å². The highest BCUT2D eigenvalue weighted by molar-refractivity contribution is 8.01. The highest BCUT2D eigenvalue weighted by atomic mass is 32.2. The number of ether oxygens (including phenoxy) is 1. The fourth-order valence-corrected chi connectivity index (χ4v) is 6.89. The Hall–Kier alpha value is -1.18. The Morgan fingerprint density at radius 3 is 2.45 bits per heavy atom. The average Bonchev–Trinajstić information content (AvgIpc) is 3.00. The number of rotatable bonds is 5. The summed E-state index contributed by atoms with van der Waals surface area (Å²) in [5, 5.41) is 7.46. The van der Waals surface area contributed by atoms with Crippen LogP contribution in [-0.4, -0.2) is 28.6 Å². The Labute approximate surface area is 201 Å². The van der Waals surface area contributed by atoms with Gasteiger partial charge in [0.25, 0.3) is 0 Å². The minimum Gasteiger partial charge on any atom is -0.400 e. The van der Waals surface area contributed by atoms with Gasteiger partial charge in [-0.1, -0.05) is 26.5 Å². The van der Waals surface area contributed by atoms with Gasteiger partial charge < -0.3 is 9.84 Å². The van der Waals surface area contributed by atoms with Crippen molar-refractivity contribution in [3.05, 3.63) is 51.9 Å². The molecule has 0 bridgehead atoms. The fourth-order valence-electron chi connectivity index (χ4n) is 3.79. The van der Waals surface area contributed by atoms with Crippen LogP contribution in [0, 0.1) is 5.41 Å². The van der Waals surface area contributed by atoms with E-state index in [9.17, 15) is 17.4 Å². The molecule has 1 N–H and O–H groups in total. The van der Waals surface area contributed by atoms with Gasteiger partial charge in [0.2, 0.25) is 0 Å². The predicted molar refractivity (Wildman–Crippen MR) is 137 cm³/mol. The van der Waals surface area contributed by atoms with Crippen molar-refractivity contribution in [2.45, 2.75) is 56.7 Å². The van der Waals surface area contributed by atoms with E-state index in [1.54, 1.807) is 6.26 Å². The number of aliphatic hydroxyl groups is 1. The molecule has 2 atom stereocenters. The molecule has 0 saturated carbocycles. The molecule has 33 heavy (non-hydrogen) atoms. The molecule has 1 aliphatic carbocycles. The lowest BCUT2D eigenvalue weighted by Gasteiger charge is -2.22. The van der Waals surface area contributed by atoms with E-state index in [4.69, 9.17) is 9.84 Å². The third-order valence-electron chi connectivity index (χ3n) is 5.53. The Morgan fingerprint density at radius 2 is 1.91 bits per heavy atom. The van der Waals surface area contributed by atoms with Crippen LogP contribution in [0.5, 0.6) is 0 Å². The zero-order valence-corrected chi connectivity index (χ0v) is 22.3. The number of aliphatic hydroxyl groups excluding tert-OH is 1. The van der Waals surface area contributed by atoms with E-state index in [1.165, 1.54) is 17.4 Å². The molecular weight excluding hydrogens is 488 g/mol. The van der Waals surface area contributed by atoms with Gasteiger partial charge in [-0.05, 0) is 64.7 Å². The fraction of sp³-hybridized carbons (Fsp3) is 0.458. The maximum absolute atomic E-state index is 12.9. The molecule has 0 saturated heterocycles. The molecule has 3 rings (SSSR count). The van der Waals surface area contributed by atoms with Gasteiger partial charge in [-0.2, -0.15) is 13.2 Å². The molecule has 0 fully saturated rings. The summed E-state index contributed by atoms with van der Waals surface area (Å²) in [7, 11) is 0.929. The summed E-state index contributed by atoms with van der Waals surface area (Å²) >= 11 is 1.46. The van der Waals surface area contributed by atoms with Crippen LogP contribution in [0.2, 0.25) is 0 Å².